The number of hydrogen-bond donors (Lipinski definition) is 1. The first-order chi connectivity index (χ1) is 8.92. The Hall–Kier alpha value is -0.900. The Morgan fingerprint density at radius 3 is 2.47 bits per heavy atom. The summed E-state index contributed by atoms with van der Waals surface area (Å²) in [6.45, 7) is 9.79. The van der Waals surface area contributed by atoms with Crippen LogP contribution in [0.25, 0.3) is 0 Å². The van der Waals surface area contributed by atoms with Gasteiger partial charge in [-0.15, -0.1) is 0 Å². The van der Waals surface area contributed by atoms with Gasteiger partial charge in [-0.2, -0.15) is 0 Å². The number of rotatable bonds is 3. The average Bonchev–Trinajstić information content (AvgIpc) is 2.34. The van der Waals surface area contributed by atoms with Gasteiger partial charge in [0, 0.05) is 31.2 Å². The highest BCUT2D eigenvalue weighted by atomic mass is 16.3. The molecule has 0 spiro atoms. The zero-order valence-electron chi connectivity index (χ0n) is 12.6. The van der Waals surface area contributed by atoms with Crippen molar-refractivity contribution < 1.29 is 5.11 Å². The molecule has 106 valence electrons. The summed E-state index contributed by atoms with van der Waals surface area (Å²) in [6.07, 6.45) is 0. The molecule has 3 heteroatoms. The monoisotopic (exact) mass is 262 g/mol. The molecule has 1 aliphatic rings. The van der Waals surface area contributed by atoms with Crippen molar-refractivity contribution in [3.63, 3.8) is 0 Å². The third-order valence-electron chi connectivity index (χ3n) is 4.25. The highest BCUT2D eigenvalue weighted by molar-refractivity contribution is 5.21. The SMILES string of the molecule is Cc1ccc(CN2CC(CO)N(C)CC2(C)C)cc1. The van der Waals surface area contributed by atoms with Crippen LogP contribution in [-0.2, 0) is 6.54 Å². The van der Waals surface area contributed by atoms with E-state index in [2.05, 4.69) is 61.9 Å². The van der Waals surface area contributed by atoms with Crippen LogP contribution in [-0.4, -0.2) is 53.2 Å². The summed E-state index contributed by atoms with van der Waals surface area (Å²) >= 11 is 0. The zero-order chi connectivity index (χ0) is 14.0. The second-order valence-corrected chi connectivity index (χ2v) is 6.43. The minimum absolute atomic E-state index is 0.144. The number of likely N-dealkylation sites (N-methyl/N-ethyl adjacent to an activating group) is 1. The van der Waals surface area contributed by atoms with Gasteiger partial charge in [0.05, 0.1) is 6.61 Å². The first-order valence-corrected chi connectivity index (χ1v) is 7.04. The smallest absolute Gasteiger partial charge is 0.0599 e. The number of aryl methyl sites for hydroxylation is 1. The fourth-order valence-electron chi connectivity index (χ4n) is 2.87. The Morgan fingerprint density at radius 1 is 1.26 bits per heavy atom. The van der Waals surface area contributed by atoms with Gasteiger partial charge in [0.25, 0.3) is 0 Å². The van der Waals surface area contributed by atoms with E-state index in [1.165, 1.54) is 11.1 Å². The highest BCUT2D eigenvalue weighted by Crippen LogP contribution is 2.25. The van der Waals surface area contributed by atoms with Crippen LogP contribution in [0, 0.1) is 6.92 Å². The summed E-state index contributed by atoms with van der Waals surface area (Å²) in [6, 6.07) is 9.00. The molecule has 0 radical (unpaired) electrons. The van der Waals surface area contributed by atoms with E-state index in [0.717, 1.165) is 19.6 Å². The molecule has 1 saturated heterocycles. The van der Waals surface area contributed by atoms with Crippen LogP contribution in [0.4, 0.5) is 0 Å². The van der Waals surface area contributed by atoms with Crippen molar-refractivity contribution >= 4 is 0 Å². The van der Waals surface area contributed by atoms with Crippen LogP contribution >= 0.6 is 0 Å². The number of benzene rings is 1. The van der Waals surface area contributed by atoms with Crippen molar-refractivity contribution in [2.24, 2.45) is 0 Å². The van der Waals surface area contributed by atoms with E-state index in [4.69, 9.17) is 0 Å². The maximum atomic E-state index is 9.48. The van der Waals surface area contributed by atoms with Crippen LogP contribution in [0.15, 0.2) is 24.3 Å². The van der Waals surface area contributed by atoms with Crippen molar-refractivity contribution in [2.45, 2.75) is 38.9 Å². The number of piperazine rings is 1. The highest BCUT2D eigenvalue weighted by Gasteiger charge is 2.36. The van der Waals surface area contributed by atoms with Crippen molar-refractivity contribution in [1.82, 2.24) is 9.80 Å². The lowest BCUT2D eigenvalue weighted by atomic mass is 9.95. The minimum atomic E-state index is 0.144. The molecule has 1 unspecified atom stereocenters. The Balaban J connectivity index is 2.10. The number of nitrogens with zero attached hydrogens (tertiary/aromatic N) is 2. The minimum Gasteiger partial charge on any atom is -0.395 e. The lowest BCUT2D eigenvalue weighted by molar-refractivity contribution is -0.0269. The van der Waals surface area contributed by atoms with Gasteiger partial charge in [-0.05, 0) is 33.4 Å². The molecule has 1 aliphatic heterocycles. The molecule has 1 aromatic carbocycles. The molecule has 2 rings (SSSR count). The predicted molar refractivity (Wildman–Crippen MR) is 79.2 cm³/mol. The first-order valence-electron chi connectivity index (χ1n) is 7.04. The lowest BCUT2D eigenvalue weighted by Crippen LogP contribution is -2.62. The Kier molecular flexibility index (Phi) is 4.29. The molecule has 0 aromatic heterocycles. The van der Waals surface area contributed by atoms with E-state index in [-0.39, 0.29) is 18.2 Å². The number of hydrogen-bond acceptors (Lipinski definition) is 3. The largest absolute Gasteiger partial charge is 0.395 e. The van der Waals surface area contributed by atoms with Crippen LogP contribution in [0.1, 0.15) is 25.0 Å². The van der Waals surface area contributed by atoms with Crippen LogP contribution < -0.4 is 0 Å². The maximum Gasteiger partial charge on any atom is 0.0599 e. The van der Waals surface area contributed by atoms with E-state index < -0.39 is 0 Å². The molecule has 1 fully saturated rings. The molecule has 1 N–H and O–H groups in total. The standard InChI is InChI=1S/C16H26N2O/c1-13-5-7-14(8-6-13)9-18-10-15(11-19)17(4)12-16(18,2)3/h5-8,15,19H,9-12H2,1-4H3. The summed E-state index contributed by atoms with van der Waals surface area (Å²) in [7, 11) is 2.10. The Morgan fingerprint density at radius 2 is 1.89 bits per heavy atom. The third kappa shape index (κ3) is 3.35. The second-order valence-electron chi connectivity index (χ2n) is 6.43. The van der Waals surface area contributed by atoms with E-state index in [9.17, 15) is 5.11 Å². The normalized spacial score (nSPS) is 24.6. The summed E-state index contributed by atoms with van der Waals surface area (Å²) < 4.78 is 0. The van der Waals surface area contributed by atoms with Gasteiger partial charge in [-0.3, -0.25) is 9.80 Å². The maximum absolute atomic E-state index is 9.48. The van der Waals surface area contributed by atoms with Crippen molar-refractivity contribution in [1.29, 1.82) is 0 Å². The molecule has 19 heavy (non-hydrogen) atoms. The van der Waals surface area contributed by atoms with Gasteiger partial charge < -0.3 is 5.11 Å². The molecular weight excluding hydrogens is 236 g/mol. The molecule has 0 saturated carbocycles. The Labute approximate surface area is 116 Å². The zero-order valence-corrected chi connectivity index (χ0v) is 12.6. The molecule has 0 bridgehead atoms. The summed E-state index contributed by atoms with van der Waals surface area (Å²) in [4.78, 5) is 4.75. The Bertz CT molecular complexity index is 413. The summed E-state index contributed by atoms with van der Waals surface area (Å²) in [5.41, 5.74) is 2.79. The molecule has 1 aromatic rings. The van der Waals surface area contributed by atoms with E-state index >= 15 is 0 Å². The van der Waals surface area contributed by atoms with Gasteiger partial charge >= 0.3 is 0 Å². The van der Waals surface area contributed by atoms with Gasteiger partial charge in [0.15, 0.2) is 0 Å². The van der Waals surface area contributed by atoms with Crippen LogP contribution in [0.5, 0.6) is 0 Å². The van der Waals surface area contributed by atoms with Crippen molar-refractivity contribution in [2.75, 3.05) is 26.7 Å². The van der Waals surface area contributed by atoms with E-state index in [1.807, 2.05) is 0 Å². The topological polar surface area (TPSA) is 26.7 Å². The van der Waals surface area contributed by atoms with Gasteiger partial charge in [-0.1, -0.05) is 29.8 Å². The van der Waals surface area contributed by atoms with Gasteiger partial charge in [0.2, 0.25) is 0 Å². The third-order valence-corrected chi connectivity index (χ3v) is 4.25. The summed E-state index contributed by atoms with van der Waals surface area (Å²) in [5.74, 6) is 0. The fraction of sp³-hybridized carbons (Fsp3) is 0.625. The molecule has 0 amide bonds. The van der Waals surface area contributed by atoms with Crippen LogP contribution in [0.2, 0.25) is 0 Å². The second kappa shape index (κ2) is 5.61. The van der Waals surface area contributed by atoms with Crippen molar-refractivity contribution in [3.8, 4) is 0 Å². The molecular formula is C16H26N2O. The first kappa shape index (κ1) is 14.5. The fourth-order valence-corrected chi connectivity index (χ4v) is 2.87. The van der Waals surface area contributed by atoms with Gasteiger partial charge in [0.1, 0.15) is 0 Å². The van der Waals surface area contributed by atoms with Crippen molar-refractivity contribution in [3.05, 3.63) is 35.4 Å². The molecule has 3 nitrogen and oxygen atoms in total. The predicted octanol–water partition coefficient (Wildman–Crippen LogP) is 1.88. The van der Waals surface area contributed by atoms with E-state index in [1.54, 1.807) is 0 Å². The van der Waals surface area contributed by atoms with E-state index in [0.29, 0.717) is 0 Å². The molecule has 1 atom stereocenters. The number of aliphatic hydroxyl groups excluding tert-OH is 1. The number of aliphatic hydroxyl groups is 1. The molecule has 0 aliphatic carbocycles. The average molecular weight is 262 g/mol. The quantitative estimate of drug-likeness (QED) is 0.901. The summed E-state index contributed by atoms with van der Waals surface area (Å²) in [5, 5.41) is 9.48. The van der Waals surface area contributed by atoms with Gasteiger partial charge in [-0.25, -0.2) is 0 Å². The van der Waals surface area contributed by atoms with Crippen LogP contribution in [0.3, 0.4) is 0 Å². The molecule has 1 heterocycles. The lowest BCUT2D eigenvalue weighted by Gasteiger charge is -2.49.